The molecule has 1 saturated heterocycles. The van der Waals surface area contributed by atoms with Gasteiger partial charge in [0.05, 0.1) is 0 Å². The zero-order chi connectivity index (χ0) is 22.8. The lowest BCUT2D eigenvalue weighted by Crippen LogP contribution is -2.35. The maximum absolute atomic E-state index is 12.9. The van der Waals surface area contributed by atoms with Gasteiger partial charge in [0.1, 0.15) is 5.25 Å². The third-order valence-electron chi connectivity index (χ3n) is 6.31. The summed E-state index contributed by atoms with van der Waals surface area (Å²) < 4.78 is 0. The molecule has 2 aromatic rings. The van der Waals surface area contributed by atoms with Gasteiger partial charge in [-0.3, -0.25) is 14.4 Å². The first-order valence-electron chi connectivity index (χ1n) is 11.4. The van der Waals surface area contributed by atoms with Crippen LogP contribution in [0.2, 0.25) is 0 Å². The Balaban J connectivity index is 1.15. The summed E-state index contributed by atoms with van der Waals surface area (Å²) in [7, 11) is 0. The number of rotatable bonds is 4. The number of carbonyl (C=O) groups is 3. The molecule has 0 spiro atoms. The monoisotopic (exact) mass is 462 g/mol. The molecule has 2 aromatic carbocycles. The van der Waals surface area contributed by atoms with E-state index in [1.807, 2.05) is 17.0 Å². The summed E-state index contributed by atoms with van der Waals surface area (Å²) in [5.41, 5.74) is 3.70. The number of carbonyl (C=O) groups excluding carboxylic acids is 3. The molecule has 1 unspecified atom stereocenters. The van der Waals surface area contributed by atoms with Gasteiger partial charge in [0, 0.05) is 43.9 Å². The highest BCUT2D eigenvalue weighted by molar-refractivity contribution is 8.15. The van der Waals surface area contributed by atoms with Crippen LogP contribution in [0.4, 0.5) is 5.69 Å². The van der Waals surface area contributed by atoms with Crippen LogP contribution in [0.3, 0.4) is 0 Å². The number of anilines is 1. The maximum Gasteiger partial charge on any atom is 0.262 e. The van der Waals surface area contributed by atoms with E-state index in [1.165, 1.54) is 22.9 Å². The number of thioether (sulfide) groups is 1. The van der Waals surface area contributed by atoms with E-state index in [4.69, 9.17) is 0 Å². The first kappa shape index (κ1) is 21.7. The van der Waals surface area contributed by atoms with Crippen LogP contribution in [0, 0.1) is 0 Å². The third kappa shape index (κ3) is 4.80. The predicted octanol–water partition coefficient (Wildman–Crippen LogP) is 3.31. The van der Waals surface area contributed by atoms with Gasteiger partial charge in [-0.15, -0.1) is 0 Å². The molecule has 0 saturated carbocycles. The molecule has 0 bridgehead atoms. The van der Waals surface area contributed by atoms with Crippen molar-refractivity contribution in [1.29, 1.82) is 0 Å². The van der Waals surface area contributed by atoms with Crippen molar-refractivity contribution in [2.24, 2.45) is 4.99 Å². The van der Waals surface area contributed by atoms with Crippen LogP contribution >= 0.6 is 11.8 Å². The minimum absolute atomic E-state index is 0.0121. The molecule has 33 heavy (non-hydrogen) atoms. The van der Waals surface area contributed by atoms with Gasteiger partial charge < -0.3 is 15.1 Å². The lowest BCUT2D eigenvalue weighted by molar-refractivity contribution is -0.121. The molecule has 5 rings (SSSR count). The summed E-state index contributed by atoms with van der Waals surface area (Å²) in [6.45, 7) is 3.16. The molecule has 7 nitrogen and oxygen atoms in total. The van der Waals surface area contributed by atoms with Crippen molar-refractivity contribution >= 4 is 40.3 Å². The van der Waals surface area contributed by atoms with E-state index in [2.05, 4.69) is 27.3 Å². The number of fused-ring (bicyclic) bond motifs is 1. The molecule has 0 radical (unpaired) electrons. The number of nitrogens with zero attached hydrogens (tertiary/aromatic N) is 3. The minimum Gasteiger partial charge on any atom is -0.351 e. The Hall–Kier alpha value is -3.13. The Morgan fingerprint density at radius 1 is 1.00 bits per heavy atom. The summed E-state index contributed by atoms with van der Waals surface area (Å²) in [6.07, 6.45) is 3.17. The second-order valence-electron chi connectivity index (χ2n) is 8.61. The SMILES string of the molecule is O=C(CC1SC(N2CCCC2)=NC1=O)Nc1ccc(C(=O)N2CCc3ccccc3C2)cc1. The summed E-state index contributed by atoms with van der Waals surface area (Å²) in [6, 6.07) is 15.2. The van der Waals surface area contributed by atoms with Crippen LogP contribution in [0.25, 0.3) is 0 Å². The smallest absolute Gasteiger partial charge is 0.262 e. The molecule has 0 aliphatic carbocycles. The van der Waals surface area contributed by atoms with Gasteiger partial charge in [0.15, 0.2) is 5.17 Å². The molecule has 3 heterocycles. The van der Waals surface area contributed by atoms with E-state index in [0.717, 1.165) is 37.5 Å². The molecule has 170 valence electrons. The van der Waals surface area contributed by atoms with Crippen molar-refractivity contribution in [2.45, 2.75) is 37.5 Å². The number of hydrogen-bond donors (Lipinski definition) is 1. The van der Waals surface area contributed by atoms with Gasteiger partial charge in [-0.25, -0.2) is 0 Å². The fourth-order valence-corrected chi connectivity index (χ4v) is 5.60. The molecule has 1 fully saturated rings. The van der Waals surface area contributed by atoms with E-state index < -0.39 is 5.25 Å². The number of aliphatic imine (C=N–C) groups is 1. The molecule has 8 heteroatoms. The quantitative estimate of drug-likeness (QED) is 0.754. The van der Waals surface area contributed by atoms with Crippen LogP contribution in [0.1, 0.15) is 40.7 Å². The Morgan fingerprint density at radius 3 is 2.48 bits per heavy atom. The number of amidine groups is 1. The summed E-state index contributed by atoms with van der Waals surface area (Å²) in [5.74, 6) is -0.478. The summed E-state index contributed by atoms with van der Waals surface area (Å²) >= 11 is 1.39. The second-order valence-corrected chi connectivity index (χ2v) is 9.78. The average Bonchev–Trinajstić information content (AvgIpc) is 3.49. The number of benzene rings is 2. The highest BCUT2D eigenvalue weighted by Crippen LogP contribution is 2.29. The third-order valence-corrected chi connectivity index (χ3v) is 7.52. The molecular formula is C25H26N4O3S. The molecule has 3 aliphatic heterocycles. The van der Waals surface area contributed by atoms with Crippen LogP contribution < -0.4 is 5.32 Å². The molecule has 3 aliphatic rings. The Bertz CT molecular complexity index is 1110. The van der Waals surface area contributed by atoms with E-state index in [0.29, 0.717) is 24.3 Å². The highest BCUT2D eigenvalue weighted by atomic mass is 32.2. The lowest BCUT2D eigenvalue weighted by atomic mass is 9.99. The van der Waals surface area contributed by atoms with Crippen LogP contribution in [-0.4, -0.2) is 57.6 Å². The lowest BCUT2D eigenvalue weighted by Gasteiger charge is -2.29. The number of hydrogen-bond acceptors (Lipinski definition) is 5. The van der Waals surface area contributed by atoms with Crippen LogP contribution in [-0.2, 0) is 22.6 Å². The largest absolute Gasteiger partial charge is 0.351 e. The van der Waals surface area contributed by atoms with E-state index in [1.54, 1.807) is 24.3 Å². The van der Waals surface area contributed by atoms with Crippen molar-refractivity contribution in [2.75, 3.05) is 25.0 Å². The predicted molar refractivity (Wildman–Crippen MR) is 129 cm³/mol. The Morgan fingerprint density at radius 2 is 1.73 bits per heavy atom. The van der Waals surface area contributed by atoms with Crippen molar-refractivity contribution in [3.05, 3.63) is 65.2 Å². The molecule has 1 atom stereocenters. The first-order valence-corrected chi connectivity index (χ1v) is 12.2. The normalized spacial score (nSPS) is 19.9. The van der Waals surface area contributed by atoms with E-state index in [9.17, 15) is 14.4 Å². The number of amides is 3. The zero-order valence-corrected chi connectivity index (χ0v) is 19.1. The van der Waals surface area contributed by atoms with Gasteiger partial charge in [0.2, 0.25) is 5.91 Å². The molecule has 3 amide bonds. The number of nitrogens with one attached hydrogen (secondary N) is 1. The first-order chi connectivity index (χ1) is 16.1. The van der Waals surface area contributed by atoms with Gasteiger partial charge in [-0.2, -0.15) is 4.99 Å². The fraction of sp³-hybridized carbons (Fsp3) is 0.360. The van der Waals surface area contributed by atoms with Gasteiger partial charge in [-0.05, 0) is 54.7 Å². The summed E-state index contributed by atoms with van der Waals surface area (Å²) in [5, 5.41) is 3.12. The second kappa shape index (κ2) is 9.39. The minimum atomic E-state index is -0.469. The van der Waals surface area contributed by atoms with Crippen LogP contribution in [0.5, 0.6) is 0 Å². The van der Waals surface area contributed by atoms with Gasteiger partial charge >= 0.3 is 0 Å². The van der Waals surface area contributed by atoms with E-state index >= 15 is 0 Å². The van der Waals surface area contributed by atoms with Crippen molar-refractivity contribution in [3.63, 3.8) is 0 Å². The Kier molecular flexibility index (Phi) is 6.17. The Labute approximate surface area is 197 Å². The fourth-order valence-electron chi connectivity index (χ4n) is 4.48. The molecule has 0 aromatic heterocycles. The zero-order valence-electron chi connectivity index (χ0n) is 18.3. The summed E-state index contributed by atoms with van der Waals surface area (Å²) in [4.78, 5) is 45.8. The molecular weight excluding hydrogens is 436 g/mol. The van der Waals surface area contributed by atoms with Gasteiger partial charge in [0.25, 0.3) is 11.8 Å². The number of likely N-dealkylation sites (tertiary alicyclic amines) is 1. The van der Waals surface area contributed by atoms with Crippen molar-refractivity contribution in [1.82, 2.24) is 9.80 Å². The highest BCUT2D eigenvalue weighted by Gasteiger charge is 2.33. The standard InChI is InChI=1S/C25H26N4O3S/c30-22(15-21-23(31)27-25(33-21)28-12-3-4-13-28)26-20-9-7-18(8-10-20)24(32)29-14-11-17-5-1-2-6-19(17)16-29/h1-2,5-10,21H,3-4,11-16H2,(H,26,30). The van der Waals surface area contributed by atoms with Gasteiger partial charge in [-0.1, -0.05) is 36.0 Å². The van der Waals surface area contributed by atoms with Crippen molar-refractivity contribution in [3.8, 4) is 0 Å². The van der Waals surface area contributed by atoms with Crippen LogP contribution in [0.15, 0.2) is 53.5 Å². The van der Waals surface area contributed by atoms with Crippen molar-refractivity contribution < 1.29 is 14.4 Å². The van der Waals surface area contributed by atoms with E-state index in [-0.39, 0.29) is 24.1 Å². The average molecular weight is 463 g/mol. The molecule has 1 N–H and O–H groups in total. The maximum atomic E-state index is 12.9. The topological polar surface area (TPSA) is 82.1 Å².